The van der Waals surface area contributed by atoms with Gasteiger partial charge in [-0.3, -0.25) is 0 Å². The maximum Gasteiger partial charge on any atom is 0.216 e. The Morgan fingerprint density at radius 3 is 2.35 bits per heavy atom. The van der Waals surface area contributed by atoms with Crippen LogP contribution in [0.4, 0.5) is 0 Å². The SMILES string of the molecule is CC[C@@H]1COC(c2ccc(C(C)(C)C)cc2)=N1. The van der Waals surface area contributed by atoms with Crippen molar-refractivity contribution in [2.75, 3.05) is 6.61 Å². The quantitative estimate of drug-likeness (QED) is 0.763. The van der Waals surface area contributed by atoms with Crippen LogP contribution in [0.15, 0.2) is 29.3 Å². The minimum Gasteiger partial charge on any atom is -0.475 e. The van der Waals surface area contributed by atoms with Crippen LogP contribution in [0, 0.1) is 0 Å². The predicted octanol–water partition coefficient (Wildman–Crippen LogP) is 3.54. The maximum absolute atomic E-state index is 5.62. The highest BCUT2D eigenvalue weighted by molar-refractivity contribution is 5.95. The highest BCUT2D eigenvalue weighted by Crippen LogP contribution is 2.23. The second kappa shape index (κ2) is 4.52. The molecule has 92 valence electrons. The standard InChI is InChI=1S/C15H21NO/c1-5-13-10-17-14(16-13)11-6-8-12(9-7-11)15(2,3)4/h6-9,13H,5,10H2,1-4H3/t13-/m1/s1. The van der Waals surface area contributed by atoms with Crippen molar-refractivity contribution < 1.29 is 4.74 Å². The number of hydrogen-bond acceptors (Lipinski definition) is 2. The summed E-state index contributed by atoms with van der Waals surface area (Å²) < 4.78 is 5.62. The Labute approximate surface area is 104 Å². The molecule has 0 radical (unpaired) electrons. The second-order valence-electron chi connectivity index (χ2n) is 5.63. The molecule has 1 aliphatic heterocycles. The van der Waals surface area contributed by atoms with Gasteiger partial charge in [0.1, 0.15) is 6.61 Å². The highest BCUT2D eigenvalue weighted by atomic mass is 16.5. The molecule has 2 nitrogen and oxygen atoms in total. The molecule has 1 heterocycles. The fourth-order valence-corrected chi connectivity index (χ4v) is 1.90. The van der Waals surface area contributed by atoms with E-state index in [1.165, 1.54) is 5.56 Å². The Kier molecular flexibility index (Phi) is 3.23. The molecule has 17 heavy (non-hydrogen) atoms. The van der Waals surface area contributed by atoms with E-state index in [1.807, 2.05) is 0 Å². The van der Waals surface area contributed by atoms with Gasteiger partial charge in [0.2, 0.25) is 5.90 Å². The summed E-state index contributed by atoms with van der Waals surface area (Å²) in [6.07, 6.45) is 1.05. The molecule has 1 atom stereocenters. The molecule has 2 rings (SSSR count). The zero-order chi connectivity index (χ0) is 12.5. The third kappa shape index (κ3) is 2.68. The number of rotatable bonds is 2. The highest BCUT2D eigenvalue weighted by Gasteiger charge is 2.19. The van der Waals surface area contributed by atoms with Crippen molar-refractivity contribution in [3.8, 4) is 0 Å². The molecule has 1 aromatic carbocycles. The molecule has 0 spiro atoms. The molecule has 0 bridgehead atoms. The molecule has 0 saturated carbocycles. The van der Waals surface area contributed by atoms with Crippen LogP contribution in [-0.2, 0) is 10.2 Å². The van der Waals surface area contributed by atoms with Gasteiger partial charge in [0.05, 0.1) is 6.04 Å². The molecule has 1 aliphatic rings. The average Bonchev–Trinajstić information content (AvgIpc) is 2.76. The van der Waals surface area contributed by atoms with Gasteiger partial charge in [0.25, 0.3) is 0 Å². The molecule has 0 amide bonds. The Morgan fingerprint density at radius 2 is 1.88 bits per heavy atom. The number of nitrogens with zero attached hydrogens (tertiary/aromatic N) is 1. The van der Waals surface area contributed by atoms with E-state index in [0.29, 0.717) is 6.04 Å². The summed E-state index contributed by atoms with van der Waals surface area (Å²) in [6.45, 7) is 9.53. The summed E-state index contributed by atoms with van der Waals surface area (Å²) in [5, 5.41) is 0. The van der Waals surface area contributed by atoms with Gasteiger partial charge in [0.15, 0.2) is 0 Å². The van der Waals surface area contributed by atoms with Gasteiger partial charge in [-0.1, -0.05) is 39.8 Å². The first kappa shape index (κ1) is 12.2. The first-order valence-corrected chi connectivity index (χ1v) is 6.32. The van der Waals surface area contributed by atoms with Crippen LogP contribution in [0.25, 0.3) is 0 Å². The van der Waals surface area contributed by atoms with Gasteiger partial charge in [-0.15, -0.1) is 0 Å². The van der Waals surface area contributed by atoms with Gasteiger partial charge < -0.3 is 4.74 Å². The van der Waals surface area contributed by atoms with Gasteiger partial charge in [-0.2, -0.15) is 0 Å². The van der Waals surface area contributed by atoms with E-state index < -0.39 is 0 Å². The number of ether oxygens (including phenoxy) is 1. The van der Waals surface area contributed by atoms with Crippen LogP contribution in [0.3, 0.4) is 0 Å². The summed E-state index contributed by atoms with van der Waals surface area (Å²) in [6, 6.07) is 8.89. The van der Waals surface area contributed by atoms with Gasteiger partial charge in [-0.05, 0) is 29.5 Å². The minimum absolute atomic E-state index is 0.197. The molecule has 2 heteroatoms. The fraction of sp³-hybridized carbons (Fsp3) is 0.533. The first-order valence-electron chi connectivity index (χ1n) is 6.32. The average molecular weight is 231 g/mol. The van der Waals surface area contributed by atoms with Crippen molar-refractivity contribution in [2.45, 2.75) is 45.6 Å². The normalized spacial score (nSPS) is 20.0. The number of hydrogen-bond donors (Lipinski definition) is 0. The van der Waals surface area contributed by atoms with E-state index in [4.69, 9.17) is 4.74 Å². The predicted molar refractivity (Wildman–Crippen MR) is 71.7 cm³/mol. The molecule has 0 N–H and O–H groups in total. The molecule has 0 fully saturated rings. The summed E-state index contributed by atoms with van der Waals surface area (Å²) in [5.74, 6) is 0.803. The Bertz CT molecular complexity index is 412. The lowest BCUT2D eigenvalue weighted by Gasteiger charge is -2.19. The van der Waals surface area contributed by atoms with Gasteiger partial charge >= 0.3 is 0 Å². The lowest BCUT2D eigenvalue weighted by Crippen LogP contribution is -2.11. The number of aliphatic imine (C=N–C) groups is 1. The number of benzene rings is 1. The van der Waals surface area contributed by atoms with Crippen molar-refractivity contribution in [3.05, 3.63) is 35.4 Å². The lowest BCUT2D eigenvalue weighted by molar-refractivity contribution is 0.315. The van der Waals surface area contributed by atoms with Crippen molar-refractivity contribution in [3.63, 3.8) is 0 Å². The summed E-state index contributed by atoms with van der Waals surface area (Å²) in [7, 11) is 0. The van der Waals surface area contributed by atoms with E-state index in [0.717, 1.165) is 24.5 Å². The van der Waals surface area contributed by atoms with Crippen LogP contribution in [0.1, 0.15) is 45.2 Å². The molecule has 0 saturated heterocycles. The molecule has 1 aromatic rings. The van der Waals surface area contributed by atoms with Gasteiger partial charge in [0, 0.05) is 5.56 Å². The Balaban J connectivity index is 2.19. The van der Waals surface area contributed by atoms with Crippen LogP contribution in [0.2, 0.25) is 0 Å². The largest absolute Gasteiger partial charge is 0.475 e. The Hall–Kier alpha value is -1.31. The maximum atomic E-state index is 5.62. The lowest BCUT2D eigenvalue weighted by atomic mass is 9.87. The van der Waals surface area contributed by atoms with Crippen molar-refractivity contribution in [2.24, 2.45) is 4.99 Å². The molecule has 0 aromatic heterocycles. The molecule has 0 aliphatic carbocycles. The Morgan fingerprint density at radius 1 is 1.24 bits per heavy atom. The zero-order valence-corrected chi connectivity index (χ0v) is 11.2. The molecular weight excluding hydrogens is 210 g/mol. The monoisotopic (exact) mass is 231 g/mol. The van der Waals surface area contributed by atoms with Crippen molar-refractivity contribution >= 4 is 5.90 Å². The molecule has 0 unspecified atom stereocenters. The summed E-state index contributed by atoms with van der Waals surface area (Å²) in [5.41, 5.74) is 2.63. The zero-order valence-electron chi connectivity index (χ0n) is 11.2. The van der Waals surface area contributed by atoms with Gasteiger partial charge in [-0.25, -0.2) is 4.99 Å². The van der Waals surface area contributed by atoms with Crippen molar-refractivity contribution in [1.82, 2.24) is 0 Å². The van der Waals surface area contributed by atoms with E-state index in [2.05, 4.69) is 57.0 Å². The smallest absolute Gasteiger partial charge is 0.216 e. The van der Waals surface area contributed by atoms with Crippen LogP contribution < -0.4 is 0 Å². The molecular formula is C15H21NO. The van der Waals surface area contributed by atoms with E-state index in [1.54, 1.807) is 0 Å². The fourth-order valence-electron chi connectivity index (χ4n) is 1.90. The third-order valence-corrected chi connectivity index (χ3v) is 3.18. The van der Waals surface area contributed by atoms with Crippen LogP contribution in [0.5, 0.6) is 0 Å². The van der Waals surface area contributed by atoms with E-state index >= 15 is 0 Å². The first-order chi connectivity index (χ1) is 8.00. The summed E-state index contributed by atoms with van der Waals surface area (Å²) in [4.78, 5) is 4.56. The topological polar surface area (TPSA) is 21.6 Å². The van der Waals surface area contributed by atoms with Crippen LogP contribution in [-0.4, -0.2) is 18.5 Å². The van der Waals surface area contributed by atoms with E-state index in [-0.39, 0.29) is 5.41 Å². The second-order valence-corrected chi connectivity index (χ2v) is 5.63. The summed E-state index contributed by atoms with van der Waals surface area (Å²) >= 11 is 0. The van der Waals surface area contributed by atoms with Crippen molar-refractivity contribution in [1.29, 1.82) is 0 Å². The minimum atomic E-state index is 0.197. The van der Waals surface area contributed by atoms with E-state index in [9.17, 15) is 0 Å². The third-order valence-electron chi connectivity index (χ3n) is 3.18. The van der Waals surface area contributed by atoms with Crippen LogP contribution >= 0.6 is 0 Å².